The molecule has 6 nitrogen and oxygen atoms in total. The number of hydrogen-bond acceptors (Lipinski definition) is 7. The van der Waals surface area contributed by atoms with E-state index in [4.69, 9.17) is 9.47 Å². The lowest BCUT2D eigenvalue weighted by atomic mass is 10.2. The molecule has 2 aliphatic rings. The Hall–Kier alpha value is -1.80. The molecule has 4 rings (SSSR count). The minimum absolute atomic E-state index is 0.139. The van der Waals surface area contributed by atoms with Crippen LogP contribution in [-0.4, -0.2) is 29.1 Å². The summed E-state index contributed by atoms with van der Waals surface area (Å²) in [5, 5.41) is 15.2. The van der Waals surface area contributed by atoms with E-state index in [9.17, 15) is 0 Å². The summed E-state index contributed by atoms with van der Waals surface area (Å²) in [5.74, 6) is 2.46. The monoisotopic (exact) mass is 348 g/mol. The highest BCUT2D eigenvalue weighted by atomic mass is 32.2. The third kappa shape index (κ3) is 2.20. The average Bonchev–Trinajstić information content (AvgIpc) is 3.24. The first-order valence-electron chi connectivity index (χ1n) is 7.26. The van der Waals surface area contributed by atoms with Crippen molar-refractivity contribution in [3.05, 3.63) is 40.0 Å². The zero-order valence-corrected chi connectivity index (χ0v) is 14.6. The summed E-state index contributed by atoms with van der Waals surface area (Å²) >= 11 is 3.44. The molecule has 3 heterocycles. The van der Waals surface area contributed by atoms with Gasteiger partial charge in [0.1, 0.15) is 10.4 Å². The van der Waals surface area contributed by atoms with E-state index in [1.165, 1.54) is 5.03 Å². The zero-order chi connectivity index (χ0) is 16.0. The molecule has 2 aliphatic heterocycles. The zero-order valence-electron chi connectivity index (χ0n) is 13.0. The first-order valence-corrected chi connectivity index (χ1v) is 9.02. The van der Waals surface area contributed by atoms with Crippen LogP contribution in [0.4, 0.5) is 0 Å². The van der Waals surface area contributed by atoms with Crippen LogP contribution in [0, 0.1) is 0 Å². The van der Waals surface area contributed by atoms with Crippen LogP contribution in [0.3, 0.4) is 0 Å². The minimum atomic E-state index is 0.139. The molecular formula is C15H16N4O2S2. The fraction of sp³-hybridized carbons (Fsp3) is 0.333. The summed E-state index contributed by atoms with van der Waals surface area (Å²) in [6, 6.07) is 6.06. The first kappa shape index (κ1) is 14.8. The lowest BCUT2D eigenvalue weighted by Crippen LogP contribution is -2.30. The second-order valence-electron chi connectivity index (χ2n) is 5.07. The molecule has 0 fully saturated rings. The van der Waals surface area contributed by atoms with Crippen LogP contribution < -0.4 is 14.5 Å². The van der Waals surface area contributed by atoms with Gasteiger partial charge in [-0.25, -0.2) is 4.68 Å². The number of ether oxygens (including phenoxy) is 2. The van der Waals surface area contributed by atoms with Crippen LogP contribution in [-0.2, 0) is 6.42 Å². The molecule has 2 aromatic rings. The van der Waals surface area contributed by atoms with Gasteiger partial charge in [0.15, 0.2) is 17.3 Å². The van der Waals surface area contributed by atoms with Gasteiger partial charge in [0.2, 0.25) is 5.16 Å². The molecule has 0 saturated carbocycles. The van der Waals surface area contributed by atoms with Gasteiger partial charge in [0.05, 0.1) is 14.2 Å². The minimum Gasteiger partial charge on any atom is -0.493 e. The van der Waals surface area contributed by atoms with Crippen LogP contribution >= 0.6 is 23.5 Å². The van der Waals surface area contributed by atoms with E-state index >= 15 is 0 Å². The Morgan fingerprint density at radius 2 is 2.00 bits per heavy atom. The van der Waals surface area contributed by atoms with E-state index in [1.54, 1.807) is 37.7 Å². The molecule has 0 aliphatic carbocycles. The molecule has 0 spiro atoms. The van der Waals surface area contributed by atoms with Gasteiger partial charge in [-0.05, 0) is 29.5 Å². The maximum atomic E-state index is 5.44. The van der Waals surface area contributed by atoms with Crippen molar-refractivity contribution in [1.82, 2.24) is 14.9 Å². The summed E-state index contributed by atoms with van der Waals surface area (Å²) in [4.78, 5) is 0. The number of fused-ring (bicyclic) bond motifs is 3. The van der Waals surface area contributed by atoms with Gasteiger partial charge in [-0.1, -0.05) is 24.8 Å². The van der Waals surface area contributed by atoms with Crippen molar-refractivity contribution >= 4 is 23.5 Å². The SMILES string of the molecule is CCc1nnc2n1N1C(=CSC1c1ccc(OC)c(OC)c1)S2. The molecule has 23 heavy (non-hydrogen) atoms. The normalized spacial score (nSPS) is 18.7. The van der Waals surface area contributed by atoms with Crippen LogP contribution in [0.1, 0.15) is 23.7 Å². The third-order valence-electron chi connectivity index (χ3n) is 3.84. The summed E-state index contributed by atoms with van der Waals surface area (Å²) < 4.78 is 12.9. The van der Waals surface area contributed by atoms with Gasteiger partial charge >= 0.3 is 0 Å². The second kappa shape index (κ2) is 5.68. The van der Waals surface area contributed by atoms with Gasteiger partial charge < -0.3 is 9.47 Å². The highest BCUT2D eigenvalue weighted by molar-refractivity contribution is 8.07. The molecule has 1 aromatic heterocycles. The van der Waals surface area contributed by atoms with Crippen LogP contribution in [0.2, 0.25) is 0 Å². The summed E-state index contributed by atoms with van der Waals surface area (Å²) in [6.45, 7) is 2.10. The second-order valence-corrected chi connectivity index (χ2v) is 7.01. The van der Waals surface area contributed by atoms with E-state index in [2.05, 4.69) is 38.3 Å². The fourth-order valence-corrected chi connectivity index (χ4v) is 4.98. The van der Waals surface area contributed by atoms with Crippen molar-refractivity contribution in [2.45, 2.75) is 23.9 Å². The lowest BCUT2D eigenvalue weighted by molar-refractivity contribution is 0.354. The predicted molar refractivity (Wildman–Crippen MR) is 91.4 cm³/mol. The lowest BCUT2D eigenvalue weighted by Gasteiger charge is -2.26. The smallest absolute Gasteiger partial charge is 0.216 e. The molecule has 1 aromatic carbocycles. The number of aromatic nitrogens is 3. The van der Waals surface area contributed by atoms with Gasteiger partial charge in [-0.3, -0.25) is 5.01 Å². The van der Waals surface area contributed by atoms with Gasteiger partial charge in [0.25, 0.3) is 0 Å². The van der Waals surface area contributed by atoms with Crippen LogP contribution in [0.5, 0.6) is 11.5 Å². The number of nitrogens with zero attached hydrogens (tertiary/aromatic N) is 4. The molecule has 1 atom stereocenters. The molecular weight excluding hydrogens is 332 g/mol. The number of rotatable bonds is 4. The van der Waals surface area contributed by atoms with Crippen molar-refractivity contribution in [3.63, 3.8) is 0 Å². The quantitative estimate of drug-likeness (QED) is 0.841. The molecule has 0 N–H and O–H groups in total. The number of benzene rings is 1. The van der Waals surface area contributed by atoms with Crippen molar-refractivity contribution in [1.29, 1.82) is 0 Å². The molecule has 120 valence electrons. The maximum Gasteiger partial charge on any atom is 0.216 e. The van der Waals surface area contributed by atoms with Crippen molar-refractivity contribution in [2.75, 3.05) is 19.2 Å². The van der Waals surface area contributed by atoms with Gasteiger partial charge in [0, 0.05) is 11.8 Å². The van der Waals surface area contributed by atoms with E-state index in [1.807, 2.05) is 12.1 Å². The first-order chi connectivity index (χ1) is 11.3. The number of aryl methyl sites for hydroxylation is 1. The van der Waals surface area contributed by atoms with E-state index in [0.29, 0.717) is 0 Å². The van der Waals surface area contributed by atoms with Crippen LogP contribution in [0.25, 0.3) is 0 Å². The van der Waals surface area contributed by atoms with E-state index in [-0.39, 0.29) is 5.37 Å². The molecule has 1 unspecified atom stereocenters. The Kier molecular flexibility index (Phi) is 3.65. The summed E-state index contributed by atoms with van der Waals surface area (Å²) in [5.41, 5.74) is 1.16. The van der Waals surface area contributed by atoms with Crippen molar-refractivity contribution in [3.8, 4) is 11.5 Å². The maximum absolute atomic E-state index is 5.44. The Bertz CT molecular complexity index is 790. The molecule has 0 bridgehead atoms. The topological polar surface area (TPSA) is 52.4 Å². The van der Waals surface area contributed by atoms with Crippen LogP contribution in [0.15, 0.2) is 33.8 Å². The molecule has 0 saturated heterocycles. The Balaban J connectivity index is 1.74. The largest absolute Gasteiger partial charge is 0.493 e. The number of thioether (sulfide) groups is 2. The third-order valence-corrected chi connectivity index (χ3v) is 6.03. The fourth-order valence-electron chi connectivity index (χ4n) is 2.74. The predicted octanol–water partition coefficient (Wildman–Crippen LogP) is 3.15. The molecule has 0 amide bonds. The van der Waals surface area contributed by atoms with Crippen molar-refractivity contribution < 1.29 is 9.47 Å². The van der Waals surface area contributed by atoms with E-state index in [0.717, 1.165) is 34.5 Å². The highest BCUT2D eigenvalue weighted by Crippen LogP contribution is 2.51. The standard InChI is InChI=1S/C15H16N4O2S2/c1-4-12-16-17-15-18(12)19-13(23-15)8-22-14(19)9-5-6-10(20-2)11(7-9)21-3/h5-8,14H,4H2,1-3H3. The average molecular weight is 348 g/mol. The highest BCUT2D eigenvalue weighted by Gasteiger charge is 2.39. The summed E-state index contributed by atoms with van der Waals surface area (Å²) in [7, 11) is 3.31. The molecule has 0 radical (unpaired) electrons. The number of hydrogen-bond donors (Lipinski definition) is 0. The van der Waals surface area contributed by atoms with Gasteiger partial charge in [-0.2, -0.15) is 0 Å². The molecule has 8 heteroatoms. The Labute approximate surface area is 142 Å². The Morgan fingerprint density at radius 3 is 2.74 bits per heavy atom. The number of methoxy groups -OCH3 is 2. The summed E-state index contributed by atoms with van der Waals surface area (Å²) in [6.07, 6.45) is 0.848. The van der Waals surface area contributed by atoms with E-state index < -0.39 is 0 Å². The van der Waals surface area contributed by atoms with Crippen molar-refractivity contribution in [2.24, 2.45) is 0 Å². The van der Waals surface area contributed by atoms with Gasteiger partial charge in [-0.15, -0.1) is 10.2 Å². The Morgan fingerprint density at radius 1 is 1.17 bits per heavy atom.